The van der Waals surface area contributed by atoms with E-state index in [0.717, 1.165) is 10.5 Å². The molecule has 6 N–H and O–H groups in total. The molecule has 3 aromatic rings. The first-order valence-electron chi connectivity index (χ1n) is 7.95. The zero-order valence-electron chi connectivity index (χ0n) is 14.7. The molecule has 0 saturated carbocycles. The number of carboxylic acid groups (broad SMARTS) is 1. The third-order valence-electron chi connectivity index (χ3n) is 3.93. The Balaban J connectivity index is 1.83. The van der Waals surface area contributed by atoms with Gasteiger partial charge < -0.3 is 26.6 Å². The molecule has 1 amide bonds. The summed E-state index contributed by atoms with van der Waals surface area (Å²) < 4.78 is 5.67. The van der Waals surface area contributed by atoms with E-state index in [1.54, 1.807) is 24.3 Å². The Morgan fingerprint density at radius 3 is 2.46 bits per heavy atom. The van der Waals surface area contributed by atoms with Crippen molar-refractivity contribution in [3.8, 4) is 0 Å². The third-order valence-corrected chi connectivity index (χ3v) is 3.93. The maximum absolute atomic E-state index is 12.4. The number of nitrogens with zero attached hydrogens (tertiary/aromatic N) is 3. The first-order valence-corrected chi connectivity index (χ1v) is 7.95. The quantitative estimate of drug-likeness (QED) is 0.451. The number of rotatable bonds is 5. The van der Waals surface area contributed by atoms with Gasteiger partial charge in [0, 0.05) is 12.6 Å². The fourth-order valence-corrected chi connectivity index (χ4v) is 2.55. The van der Waals surface area contributed by atoms with Crippen LogP contribution in [0.5, 0.6) is 0 Å². The van der Waals surface area contributed by atoms with Gasteiger partial charge in [-0.05, 0) is 17.7 Å². The number of anilines is 2. The van der Waals surface area contributed by atoms with E-state index in [2.05, 4.69) is 20.0 Å². The Labute approximate surface area is 157 Å². The van der Waals surface area contributed by atoms with Crippen molar-refractivity contribution in [1.29, 1.82) is 0 Å². The highest BCUT2D eigenvalue weighted by molar-refractivity contribution is 5.97. The molecule has 0 radical (unpaired) electrons. The first-order chi connectivity index (χ1) is 13.3. The number of nitrogen functional groups attached to an aromatic ring is 2. The topological polar surface area (TPSA) is 175 Å². The van der Waals surface area contributed by atoms with Gasteiger partial charge in [-0.3, -0.25) is 9.20 Å². The number of nitrogens with two attached hydrogens (primary N) is 2. The van der Waals surface area contributed by atoms with Crippen molar-refractivity contribution in [3.63, 3.8) is 0 Å². The first kappa shape index (κ1) is 18.6. The number of methoxy groups -OCH3 is 1. The Bertz CT molecular complexity index is 1090. The van der Waals surface area contributed by atoms with Gasteiger partial charge in [-0.15, -0.1) is 0 Å². The highest BCUT2D eigenvalue weighted by Crippen LogP contribution is 2.19. The summed E-state index contributed by atoms with van der Waals surface area (Å²) in [5.74, 6) is -2.62. The fourth-order valence-electron chi connectivity index (χ4n) is 2.55. The molecule has 2 heterocycles. The SMILES string of the molecule is COC(=O)c1ccc(CNC(=O)c2cc(C(=O)O)n3c(N)nc(N)c3n2)cc1. The summed E-state index contributed by atoms with van der Waals surface area (Å²) in [4.78, 5) is 43.2. The highest BCUT2D eigenvalue weighted by Gasteiger charge is 2.20. The van der Waals surface area contributed by atoms with Crippen LogP contribution in [0, 0.1) is 0 Å². The monoisotopic (exact) mass is 384 g/mol. The summed E-state index contributed by atoms with van der Waals surface area (Å²) in [5.41, 5.74) is 12.0. The van der Waals surface area contributed by atoms with Gasteiger partial charge in [-0.25, -0.2) is 14.6 Å². The number of carbonyl (C=O) groups excluding carboxylic acids is 2. The number of carbonyl (C=O) groups is 3. The number of imidazole rings is 1. The van der Waals surface area contributed by atoms with Crippen LogP contribution >= 0.6 is 0 Å². The van der Waals surface area contributed by atoms with Gasteiger partial charge >= 0.3 is 11.9 Å². The largest absolute Gasteiger partial charge is 0.477 e. The zero-order chi connectivity index (χ0) is 20.4. The number of carboxylic acids is 1. The van der Waals surface area contributed by atoms with Gasteiger partial charge in [0.1, 0.15) is 11.4 Å². The van der Waals surface area contributed by atoms with Crippen LogP contribution in [-0.4, -0.2) is 44.4 Å². The van der Waals surface area contributed by atoms with E-state index in [1.807, 2.05) is 0 Å². The number of nitrogens with one attached hydrogen (secondary N) is 1. The number of hydrogen-bond acceptors (Lipinski definition) is 8. The Morgan fingerprint density at radius 1 is 1.18 bits per heavy atom. The van der Waals surface area contributed by atoms with Crippen molar-refractivity contribution in [2.45, 2.75) is 6.54 Å². The molecule has 0 saturated heterocycles. The second kappa shape index (κ2) is 7.23. The van der Waals surface area contributed by atoms with Crippen molar-refractivity contribution >= 4 is 35.3 Å². The van der Waals surface area contributed by atoms with E-state index in [1.165, 1.54) is 7.11 Å². The predicted octanol–water partition coefficient (Wildman–Crippen LogP) is 0.309. The molecule has 11 heteroatoms. The average molecular weight is 384 g/mol. The Kier molecular flexibility index (Phi) is 4.81. The van der Waals surface area contributed by atoms with E-state index in [4.69, 9.17) is 11.5 Å². The molecule has 11 nitrogen and oxygen atoms in total. The summed E-state index contributed by atoms with van der Waals surface area (Å²) in [7, 11) is 1.28. The Hall–Kier alpha value is -4.15. The summed E-state index contributed by atoms with van der Waals surface area (Å²) in [5, 5.41) is 12.0. The number of benzene rings is 1. The third kappa shape index (κ3) is 3.40. The zero-order valence-corrected chi connectivity index (χ0v) is 14.7. The van der Waals surface area contributed by atoms with Crippen molar-refractivity contribution in [2.75, 3.05) is 18.6 Å². The minimum absolute atomic E-state index is 0.0232. The predicted molar refractivity (Wildman–Crippen MR) is 97.7 cm³/mol. The number of aromatic nitrogens is 3. The molecule has 144 valence electrons. The van der Waals surface area contributed by atoms with Gasteiger partial charge in [0.2, 0.25) is 5.95 Å². The molecular formula is C17H16N6O5. The minimum Gasteiger partial charge on any atom is -0.477 e. The van der Waals surface area contributed by atoms with Gasteiger partial charge in [0.05, 0.1) is 12.7 Å². The van der Waals surface area contributed by atoms with Crippen LogP contribution in [0.4, 0.5) is 11.8 Å². The van der Waals surface area contributed by atoms with Crippen LogP contribution in [-0.2, 0) is 11.3 Å². The number of fused-ring (bicyclic) bond motifs is 1. The lowest BCUT2D eigenvalue weighted by molar-refractivity contribution is 0.0599. The summed E-state index contributed by atoms with van der Waals surface area (Å²) in [6.07, 6.45) is 0. The number of amides is 1. The lowest BCUT2D eigenvalue weighted by Crippen LogP contribution is -2.25. The standard InChI is InChI=1S/C17H16N6O5/c1-28-16(27)9-4-2-8(3-5-9)7-20-14(24)10-6-11(15(25)26)23-13(21-10)12(18)22-17(23)19/h2-6H,7,18H2,1H3,(H2,19,22)(H,20,24)(H,25,26). The molecule has 0 spiro atoms. The summed E-state index contributed by atoms with van der Waals surface area (Å²) >= 11 is 0. The Morgan fingerprint density at radius 2 is 1.86 bits per heavy atom. The molecule has 0 unspecified atom stereocenters. The normalized spacial score (nSPS) is 10.6. The van der Waals surface area contributed by atoms with E-state index in [9.17, 15) is 19.5 Å². The molecule has 1 aromatic carbocycles. The molecule has 28 heavy (non-hydrogen) atoms. The van der Waals surface area contributed by atoms with Crippen LogP contribution in [0.25, 0.3) is 5.65 Å². The molecule has 0 aliphatic rings. The fraction of sp³-hybridized carbons (Fsp3) is 0.118. The molecule has 0 fully saturated rings. The van der Waals surface area contributed by atoms with Crippen LogP contribution in [0.15, 0.2) is 30.3 Å². The maximum Gasteiger partial charge on any atom is 0.353 e. The van der Waals surface area contributed by atoms with Gasteiger partial charge in [-0.2, -0.15) is 4.98 Å². The second-order valence-corrected chi connectivity index (χ2v) is 5.72. The van der Waals surface area contributed by atoms with Crippen molar-refractivity contribution in [3.05, 3.63) is 52.8 Å². The molecular weight excluding hydrogens is 368 g/mol. The number of esters is 1. The van der Waals surface area contributed by atoms with Crippen LogP contribution in [0.2, 0.25) is 0 Å². The van der Waals surface area contributed by atoms with Crippen molar-refractivity contribution < 1.29 is 24.2 Å². The van der Waals surface area contributed by atoms with E-state index in [0.29, 0.717) is 11.1 Å². The van der Waals surface area contributed by atoms with Crippen molar-refractivity contribution in [2.24, 2.45) is 0 Å². The molecule has 0 bridgehead atoms. The van der Waals surface area contributed by atoms with Crippen molar-refractivity contribution in [1.82, 2.24) is 19.7 Å². The molecule has 3 rings (SSSR count). The number of aromatic carboxylic acids is 1. The molecule has 0 aliphatic heterocycles. The molecule has 0 atom stereocenters. The maximum atomic E-state index is 12.4. The lowest BCUT2D eigenvalue weighted by Gasteiger charge is -2.08. The smallest absolute Gasteiger partial charge is 0.353 e. The van der Waals surface area contributed by atoms with Crippen LogP contribution < -0.4 is 16.8 Å². The van der Waals surface area contributed by atoms with Crippen LogP contribution in [0.3, 0.4) is 0 Å². The van der Waals surface area contributed by atoms with E-state index in [-0.39, 0.29) is 35.3 Å². The van der Waals surface area contributed by atoms with Gasteiger partial charge in [0.25, 0.3) is 5.91 Å². The lowest BCUT2D eigenvalue weighted by atomic mass is 10.1. The van der Waals surface area contributed by atoms with Crippen LogP contribution in [0.1, 0.15) is 36.9 Å². The van der Waals surface area contributed by atoms with Gasteiger partial charge in [-0.1, -0.05) is 12.1 Å². The second-order valence-electron chi connectivity index (χ2n) is 5.72. The number of hydrogen-bond donors (Lipinski definition) is 4. The van der Waals surface area contributed by atoms with Gasteiger partial charge in [0.15, 0.2) is 11.5 Å². The molecule has 2 aromatic heterocycles. The van der Waals surface area contributed by atoms with E-state index >= 15 is 0 Å². The number of ether oxygens (including phenoxy) is 1. The van der Waals surface area contributed by atoms with E-state index < -0.39 is 17.8 Å². The minimum atomic E-state index is -1.32. The summed E-state index contributed by atoms with van der Waals surface area (Å²) in [6, 6.07) is 7.53. The summed E-state index contributed by atoms with van der Waals surface area (Å²) in [6.45, 7) is 0.131. The average Bonchev–Trinajstić information content (AvgIpc) is 2.98. The molecule has 0 aliphatic carbocycles. The highest BCUT2D eigenvalue weighted by atomic mass is 16.5.